The minimum atomic E-state index is -0.219. The van der Waals surface area contributed by atoms with Crippen molar-refractivity contribution in [1.29, 1.82) is 0 Å². The highest BCUT2D eigenvalue weighted by molar-refractivity contribution is 5.89. The van der Waals surface area contributed by atoms with Crippen molar-refractivity contribution in [2.75, 3.05) is 0 Å². The van der Waals surface area contributed by atoms with Crippen molar-refractivity contribution in [2.24, 2.45) is 16.7 Å². The van der Waals surface area contributed by atoms with Crippen molar-refractivity contribution in [2.45, 2.75) is 46.5 Å². The lowest BCUT2D eigenvalue weighted by atomic mass is 9.53. The number of hydrogen-bond acceptors (Lipinski definition) is 2. The maximum atomic E-state index is 12.5. The van der Waals surface area contributed by atoms with Crippen LogP contribution in [0.15, 0.2) is 16.7 Å². The quantitative estimate of drug-likeness (QED) is 0.684. The fourth-order valence-corrected chi connectivity index (χ4v) is 4.16. The maximum absolute atomic E-state index is 12.5. The predicted molar refractivity (Wildman–Crippen MR) is 65.8 cm³/mol. The lowest BCUT2D eigenvalue weighted by molar-refractivity contribution is -0.131. The number of rotatable bonds is 0. The molecule has 0 radical (unpaired) electrons. The molecule has 1 heterocycles. The Morgan fingerprint density at radius 3 is 2.76 bits per heavy atom. The van der Waals surface area contributed by atoms with Gasteiger partial charge in [0.15, 0.2) is 0 Å². The Hall–Kier alpha value is -1.05. The number of carbonyl (C=O) groups is 1. The largest absolute Gasteiger partial charge is 0.469 e. The van der Waals surface area contributed by atoms with E-state index in [0.29, 0.717) is 11.7 Å². The van der Waals surface area contributed by atoms with Gasteiger partial charge in [0.2, 0.25) is 0 Å². The van der Waals surface area contributed by atoms with Gasteiger partial charge in [-0.25, -0.2) is 0 Å². The van der Waals surface area contributed by atoms with E-state index < -0.39 is 0 Å². The third-order valence-electron chi connectivity index (χ3n) is 5.99. The summed E-state index contributed by atoms with van der Waals surface area (Å²) in [6, 6.07) is 2.04. The molecule has 2 heteroatoms. The summed E-state index contributed by atoms with van der Waals surface area (Å²) in [6.07, 6.45) is 3.40. The molecule has 0 amide bonds. The van der Waals surface area contributed by atoms with Gasteiger partial charge in [-0.3, -0.25) is 4.79 Å². The predicted octanol–water partition coefficient (Wildman–Crippen LogP) is 3.56. The molecule has 0 aliphatic heterocycles. The molecule has 0 spiro atoms. The summed E-state index contributed by atoms with van der Waals surface area (Å²) < 4.78 is 5.62. The van der Waals surface area contributed by atoms with E-state index in [1.807, 2.05) is 6.07 Å². The van der Waals surface area contributed by atoms with Gasteiger partial charge in [0, 0.05) is 18.3 Å². The molecule has 2 aliphatic carbocycles. The van der Waals surface area contributed by atoms with E-state index in [4.69, 9.17) is 4.42 Å². The Bertz CT molecular complexity index is 487. The number of hydrogen-bond donors (Lipinski definition) is 0. The van der Waals surface area contributed by atoms with Crippen molar-refractivity contribution in [3.8, 4) is 0 Å². The standard InChI is InChI=1S/C15H20O2/c1-9-7-13(16)15(4)10(2)11-5-6-17-12(11)8-14(9,15)3/h5-6,9-10H,7-8H2,1-4H3. The normalized spacial score (nSPS) is 44.6. The highest BCUT2D eigenvalue weighted by Gasteiger charge is 2.63. The van der Waals surface area contributed by atoms with Crippen molar-refractivity contribution >= 4 is 5.78 Å². The van der Waals surface area contributed by atoms with Crippen LogP contribution in [0, 0.1) is 16.7 Å². The van der Waals surface area contributed by atoms with Crippen LogP contribution in [0.4, 0.5) is 0 Å². The molecule has 1 fully saturated rings. The van der Waals surface area contributed by atoms with E-state index in [1.54, 1.807) is 6.26 Å². The van der Waals surface area contributed by atoms with Gasteiger partial charge < -0.3 is 4.42 Å². The summed E-state index contributed by atoms with van der Waals surface area (Å²) in [5.74, 6) is 2.25. The van der Waals surface area contributed by atoms with E-state index in [-0.39, 0.29) is 16.7 Å². The fraction of sp³-hybridized carbons (Fsp3) is 0.667. The van der Waals surface area contributed by atoms with Crippen molar-refractivity contribution in [1.82, 2.24) is 0 Å². The Morgan fingerprint density at radius 1 is 1.35 bits per heavy atom. The zero-order chi connectivity index (χ0) is 12.4. The summed E-state index contributed by atoms with van der Waals surface area (Å²) in [5.41, 5.74) is 1.07. The lowest BCUT2D eigenvalue weighted by Crippen LogP contribution is -2.47. The van der Waals surface area contributed by atoms with E-state index in [2.05, 4.69) is 27.7 Å². The van der Waals surface area contributed by atoms with Gasteiger partial charge in [-0.2, -0.15) is 0 Å². The first kappa shape index (κ1) is 11.1. The van der Waals surface area contributed by atoms with Crippen LogP contribution in [0.3, 0.4) is 0 Å². The first-order valence-corrected chi connectivity index (χ1v) is 6.51. The third-order valence-corrected chi connectivity index (χ3v) is 5.99. The summed E-state index contributed by atoms with van der Waals surface area (Å²) in [4.78, 5) is 12.5. The van der Waals surface area contributed by atoms with E-state index in [1.165, 1.54) is 5.56 Å². The number of carbonyl (C=O) groups excluding carboxylic acids is 1. The molecule has 0 aromatic carbocycles. The molecule has 3 rings (SSSR count). The first-order valence-electron chi connectivity index (χ1n) is 6.51. The molecule has 2 nitrogen and oxygen atoms in total. The molecule has 1 saturated carbocycles. The van der Waals surface area contributed by atoms with Gasteiger partial charge >= 0.3 is 0 Å². The summed E-state index contributed by atoms with van der Waals surface area (Å²) in [5, 5.41) is 0. The molecule has 2 aliphatic rings. The first-order chi connectivity index (χ1) is 7.91. The van der Waals surface area contributed by atoms with Crippen LogP contribution in [0.1, 0.15) is 51.4 Å². The highest BCUT2D eigenvalue weighted by Crippen LogP contribution is 2.64. The van der Waals surface area contributed by atoms with Crippen molar-refractivity contribution < 1.29 is 9.21 Å². The average Bonchev–Trinajstić information content (AvgIpc) is 2.78. The van der Waals surface area contributed by atoms with Gasteiger partial charge in [0.25, 0.3) is 0 Å². The van der Waals surface area contributed by atoms with Crippen molar-refractivity contribution in [3.63, 3.8) is 0 Å². The smallest absolute Gasteiger partial charge is 0.140 e. The molecular formula is C15H20O2. The summed E-state index contributed by atoms with van der Waals surface area (Å²) in [6.45, 7) is 8.83. The van der Waals surface area contributed by atoms with Gasteiger partial charge in [0.05, 0.1) is 6.26 Å². The van der Waals surface area contributed by atoms with Crippen LogP contribution in [-0.2, 0) is 11.2 Å². The SMILES string of the molecule is CC1CC(=O)C2(C)C(C)c3ccoc3CC12C. The molecule has 4 unspecified atom stereocenters. The zero-order valence-corrected chi connectivity index (χ0v) is 11.0. The molecule has 0 N–H and O–H groups in total. The Labute approximate surface area is 102 Å². The number of Topliss-reactive ketones (excluding diaryl/α,β-unsaturated/α-hetero) is 1. The van der Waals surface area contributed by atoms with Crippen LogP contribution in [0.5, 0.6) is 0 Å². The van der Waals surface area contributed by atoms with Gasteiger partial charge in [-0.1, -0.05) is 27.7 Å². The molecule has 4 atom stereocenters. The van der Waals surface area contributed by atoms with Crippen LogP contribution < -0.4 is 0 Å². The summed E-state index contributed by atoms with van der Waals surface area (Å²) in [7, 11) is 0. The molecule has 92 valence electrons. The Balaban J connectivity index is 2.22. The molecular weight excluding hydrogens is 212 g/mol. The maximum Gasteiger partial charge on any atom is 0.140 e. The second-order valence-corrected chi connectivity index (χ2v) is 6.35. The second kappa shape index (κ2) is 3.04. The Kier molecular flexibility index (Phi) is 1.98. The van der Waals surface area contributed by atoms with Crippen LogP contribution >= 0.6 is 0 Å². The van der Waals surface area contributed by atoms with Gasteiger partial charge in [0.1, 0.15) is 11.5 Å². The van der Waals surface area contributed by atoms with Crippen LogP contribution in [0.2, 0.25) is 0 Å². The van der Waals surface area contributed by atoms with Crippen LogP contribution in [0.25, 0.3) is 0 Å². The van der Waals surface area contributed by atoms with Gasteiger partial charge in [-0.15, -0.1) is 0 Å². The molecule has 0 bridgehead atoms. The fourth-order valence-electron chi connectivity index (χ4n) is 4.16. The molecule has 0 saturated heterocycles. The molecule has 17 heavy (non-hydrogen) atoms. The zero-order valence-electron chi connectivity index (χ0n) is 11.0. The minimum absolute atomic E-state index is 0.0500. The molecule has 1 aromatic rings. The topological polar surface area (TPSA) is 30.2 Å². The minimum Gasteiger partial charge on any atom is -0.469 e. The van der Waals surface area contributed by atoms with Crippen LogP contribution in [-0.4, -0.2) is 5.78 Å². The second-order valence-electron chi connectivity index (χ2n) is 6.35. The number of fused-ring (bicyclic) bond motifs is 2. The lowest BCUT2D eigenvalue weighted by Gasteiger charge is -2.49. The Morgan fingerprint density at radius 2 is 2.06 bits per heavy atom. The van der Waals surface area contributed by atoms with E-state index in [9.17, 15) is 4.79 Å². The van der Waals surface area contributed by atoms with E-state index >= 15 is 0 Å². The van der Waals surface area contributed by atoms with E-state index in [0.717, 1.165) is 18.6 Å². The number of ketones is 1. The van der Waals surface area contributed by atoms with Gasteiger partial charge in [-0.05, 0) is 28.9 Å². The third kappa shape index (κ3) is 1.05. The monoisotopic (exact) mass is 232 g/mol. The highest BCUT2D eigenvalue weighted by atomic mass is 16.3. The molecule has 1 aromatic heterocycles. The average molecular weight is 232 g/mol. The summed E-state index contributed by atoms with van der Waals surface area (Å²) >= 11 is 0. The number of furan rings is 1. The van der Waals surface area contributed by atoms with Crippen molar-refractivity contribution in [3.05, 3.63) is 23.7 Å².